The Morgan fingerprint density at radius 2 is 1.64 bits per heavy atom. The summed E-state index contributed by atoms with van der Waals surface area (Å²) in [5.41, 5.74) is 4.34. The number of hydrogen-bond donors (Lipinski definition) is 1. The van der Waals surface area contributed by atoms with Crippen LogP contribution in [0.1, 0.15) is 32.9 Å². The summed E-state index contributed by atoms with van der Waals surface area (Å²) < 4.78 is 18.5. The summed E-state index contributed by atoms with van der Waals surface area (Å²) in [7, 11) is -1.20. The van der Waals surface area contributed by atoms with E-state index in [2.05, 4.69) is 10.3 Å². The fraction of sp³-hybridized carbons (Fsp3) is 0.185. The van der Waals surface area contributed by atoms with Gasteiger partial charge in [-0.05, 0) is 62.2 Å². The normalized spacial score (nSPS) is 11.8. The topological polar surface area (TPSA) is 72.2 Å². The van der Waals surface area contributed by atoms with Gasteiger partial charge >= 0.3 is 0 Å². The van der Waals surface area contributed by atoms with Crippen LogP contribution in [0.25, 0.3) is 11.5 Å². The van der Waals surface area contributed by atoms with Gasteiger partial charge < -0.3 is 9.73 Å². The van der Waals surface area contributed by atoms with Crippen LogP contribution >= 0.6 is 0 Å². The highest BCUT2D eigenvalue weighted by Crippen LogP contribution is 2.24. The summed E-state index contributed by atoms with van der Waals surface area (Å²) in [6, 6.07) is 24.9. The summed E-state index contributed by atoms with van der Waals surface area (Å²) >= 11 is 0. The molecule has 0 bridgehead atoms. The van der Waals surface area contributed by atoms with Crippen molar-refractivity contribution in [3.05, 3.63) is 107 Å². The zero-order valence-corrected chi connectivity index (χ0v) is 19.5. The van der Waals surface area contributed by atoms with Gasteiger partial charge in [-0.1, -0.05) is 48.0 Å². The van der Waals surface area contributed by atoms with E-state index in [1.807, 2.05) is 80.6 Å². The number of carbonyl (C=O) groups excluding carboxylic acids is 1. The van der Waals surface area contributed by atoms with Crippen LogP contribution in [0.15, 0.2) is 88.2 Å². The molecule has 0 saturated carbocycles. The molecule has 0 aliphatic heterocycles. The van der Waals surface area contributed by atoms with E-state index in [0.29, 0.717) is 35.2 Å². The molecule has 0 aliphatic carbocycles. The summed E-state index contributed by atoms with van der Waals surface area (Å²) in [6.07, 6.45) is 0.785. The fourth-order valence-corrected chi connectivity index (χ4v) is 4.54. The molecule has 4 aromatic rings. The van der Waals surface area contributed by atoms with Crippen LogP contribution in [0, 0.1) is 13.8 Å². The molecular weight excluding hydrogens is 432 g/mol. The maximum atomic E-state index is 12.7. The maximum absolute atomic E-state index is 12.7. The van der Waals surface area contributed by atoms with E-state index in [1.54, 1.807) is 12.1 Å². The van der Waals surface area contributed by atoms with Crippen molar-refractivity contribution in [3.63, 3.8) is 0 Å². The van der Waals surface area contributed by atoms with Crippen LogP contribution in [-0.4, -0.2) is 21.6 Å². The van der Waals surface area contributed by atoms with Gasteiger partial charge in [0.15, 0.2) is 0 Å². The largest absolute Gasteiger partial charge is 0.441 e. The first-order valence-corrected chi connectivity index (χ1v) is 12.2. The Hall–Kier alpha value is -3.51. The predicted molar refractivity (Wildman–Crippen MR) is 130 cm³/mol. The summed E-state index contributed by atoms with van der Waals surface area (Å²) in [5.74, 6) is 1.28. The van der Waals surface area contributed by atoms with E-state index >= 15 is 0 Å². The highest BCUT2D eigenvalue weighted by molar-refractivity contribution is 7.84. The summed E-state index contributed by atoms with van der Waals surface area (Å²) in [6.45, 7) is 4.40. The van der Waals surface area contributed by atoms with Crippen molar-refractivity contribution in [2.24, 2.45) is 0 Å². The minimum Gasteiger partial charge on any atom is -0.441 e. The SMILES string of the molecule is Cc1ccc([S@](=O)Cc2nc(-c3ccc(C(=O)NCCc4ccccc4)cc3)oc2C)cc1. The number of oxazole rings is 1. The van der Waals surface area contributed by atoms with Crippen LogP contribution in [0.5, 0.6) is 0 Å². The molecule has 0 radical (unpaired) electrons. The first-order valence-electron chi connectivity index (χ1n) is 10.8. The standard InChI is InChI=1S/C27H26N2O3S/c1-19-8-14-24(15-9-19)33(31)18-25-20(2)32-27(29-25)23-12-10-22(11-13-23)26(30)28-17-16-21-6-4-3-5-7-21/h3-15H,16-18H2,1-2H3,(H,28,30)/t33-/m1/s1. The van der Waals surface area contributed by atoms with Crippen molar-refractivity contribution in [2.75, 3.05) is 6.54 Å². The highest BCUT2D eigenvalue weighted by atomic mass is 32.2. The highest BCUT2D eigenvalue weighted by Gasteiger charge is 2.16. The number of nitrogens with zero attached hydrogens (tertiary/aromatic N) is 1. The van der Waals surface area contributed by atoms with Crippen molar-refractivity contribution in [3.8, 4) is 11.5 Å². The molecule has 1 aromatic heterocycles. The van der Waals surface area contributed by atoms with Gasteiger partial charge in [0, 0.05) is 22.6 Å². The van der Waals surface area contributed by atoms with Crippen molar-refractivity contribution in [2.45, 2.75) is 30.9 Å². The van der Waals surface area contributed by atoms with E-state index in [-0.39, 0.29) is 5.91 Å². The lowest BCUT2D eigenvalue weighted by atomic mass is 10.1. The lowest BCUT2D eigenvalue weighted by Gasteiger charge is -2.06. The van der Waals surface area contributed by atoms with E-state index in [0.717, 1.165) is 22.4 Å². The third kappa shape index (κ3) is 5.84. The Balaban J connectivity index is 1.38. The Labute approximate surface area is 196 Å². The van der Waals surface area contributed by atoms with Crippen LogP contribution in [0.4, 0.5) is 0 Å². The van der Waals surface area contributed by atoms with E-state index in [4.69, 9.17) is 4.42 Å². The molecule has 5 nitrogen and oxygen atoms in total. The molecule has 1 amide bonds. The van der Waals surface area contributed by atoms with Crippen LogP contribution in [0.2, 0.25) is 0 Å². The van der Waals surface area contributed by atoms with Crippen LogP contribution in [0.3, 0.4) is 0 Å². The number of nitrogens with one attached hydrogen (secondary N) is 1. The molecule has 33 heavy (non-hydrogen) atoms. The lowest BCUT2D eigenvalue weighted by molar-refractivity contribution is 0.0954. The second kappa shape index (κ2) is 10.4. The van der Waals surface area contributed by atoms with Gasteiger partial charge in [-0.3, -0.25) is 9.00 Å². The number of benzene rings is 3. The van der Waals surface area contributed by atoms with Crippen molar-refractivity contribution in [1.82, 2.24) is 10.3 Å². The smallest absolute Gasteiger partial charge is 0.251 e. The molecule has 6 heteroatoms. The molecule has 0 aliphatic rings. The molecule has 1 heterocycles. The molecule has 1 N–H and O–H groups in total. The summed E-state index contributed by atoms with van der Waals surface area (Å²) in [5, 5.41) is 2.95. The minimum atomic E-state index is -1.20. The van der Waals surface area contributed by atoms with E-state index < -0.39 is 10.8 Å². The number of amides is 1. The first-order chi connectivity index (χ1) is 16.0. The second-order valence-corrected chi connectivity index (χ2v) is 9.34. The Bertz CT molecular complexity index is 1250. The molecule has 0 fully saturated rings. The second-order valence-electron chi connectivity index (χ2n) is 7.89. The molecule has 0 saturated heterocycles. The quantitative estimate of drug-likeness (QED) is 0.392. The summed E-state index contributed by atoms with van der Waals surface area (Å²) in [4.78, 5) is 17.8. The maximum Gasteiger partial charge on any atom is 0.251 e. The molecule has 3 aromatic carbocycles. The van der Waals surface area contributed by atoms with Crippen LogP contribution in [-0.2, 0) is 23.0 Å². The van der Waals surface area contributed by atoms with Gasteiger partial charge in [0.25, 0.3) is 5.91 Å². The number of carbonyl (C=O) groups is 1. The number of hydrogen-bond acceptors (Lipinski definition) is 4. The third-order valence-electron chi connectivity index (χ3n) is 5.38. The van der Waals surface area contributed by atoms with Gasteiger partial charge in [0.2, 0.25) is 5.89 Å². The average molecular weight is 459 g/mol. The van der Waals surface area contributed by atoms with Gasteiger partial charge in [0.05, 0.1) is 22.2 Å². The molecule has 1 atom stereocenters. The minimum absolute atomic E-state index is 0.116. The lowest BCUT2D eigenvalue weighted by Crippen LogP contribution is -2.25. The third-order valence-corrected chi connectivity index (χ3v) is 6.71. The predicted octanol–water partition coefficient (Wildman–Crippen LogP) is 5.24. The average Bonchev–Trinajstić information content (AvgIpc) is 3.20. The Kier molecular flexibility index (Phi) is 7.15. The number of aryl methyl sites for hydroxylation is 2. The van der Waals surface area contributed by atoms with Gasteiger partial charge in [-0.2, -0.15) is 0 Å². The van der Waals surface area contributed by atoms with Gasteiger partial charge in [-0.25, -0.2) is 4.98 Å². The van der Waals surface area contributed by atoms with E-state index in [1.165, 1.54) is 5.56 Å². The molecule has 168 valence electrons. The Morgan fingerprint density at radius 3 is 2.33 bits per heavy atom. The monoisotopic (exact) mass is 458 g/mol. The Morgan fingerprint density at radius 1 is 0.939 bits per heavy atom. The molecule has 0 unspecified atom stereocenters. The molecule has 0 spiro atoms. The van der Waals surface area contributed by atoms with E-state index in [9.17, 15) is 9.00 Å². The zero-order valence-electron chi connectivity index (χ0n) is 18.7. The van der Waals surface area contributed by atoms with Gasteiger partial charge in [0.1, 0.15) is 5.76 Å². The zero-order chi connectivity index (χ0) is 23.2. The van der Waals surface area contributed by atoms with Crippen molar-refractivity contribution < 1.29 is 13.4 Å². The first kappa shape index (κ1) is 22.7. The van der Waals surface area contributed by atoms with Crippen LogP contribution < -0.4 is 5.32 Å². The number of aromatic nitrogens is 1. The molecule has 4 rings (SSSR count). The fourth-order valence-electron chi connectivity index (χ4n) is 3.41. The van der Waals surface area contributed by atoms with Crippen molar-refractivity contribution >= 4 is 16.7 Å². The molecular formula is C27H26N2O3S. The van der Waals surface area contributed by atoms with Crippen molar-refractivity contribution in [1.29, 1.82) is 0 Å². The van der Waals surface area contributed by atoms with Gasteiger partial charge in [-0.15, -0.1) is 0 Å². The number of rotatable bonds is 8.